The van der Waals surface area contributed by atoms with Crippen molar-refractivity contribution in [1.29, 1.82) is 0 Å². The summed E-state index contributed by atoms with van der Waals surface area (Å²) in [5.74, 6) is -0.817. The SMILES string of the molecule is C[C@H](OC(=O)c1ccc(-c2ccc(Cl)cc2)s1)C(=O)NC(C)(C)C. The largest absolute Gasteiger partial charge is 0.448 e. The second kappa shape index (κ2) is 7.36. The number of halogens is 1. The van der Waals surface area contributed by atoms with Crippen molar-refractivity contribution in [1.82, 2.24) is 5.32 Å². The van der Waals surface area contributed by atoms with Gasteiger partial charge in [0.2, 0.25) is 0 Å². The summed E-state index contributed by atoms with van der Waals surface area (Å²) >= 11 is 7.20. The van der Waals surface area contributed by atoms with E-state index in [4.69, 9.17) is 16.3 Å². The molecule has 1 aromatic carbocycles. The standard InChI is InChI=1S/C18H20ClNO3S/c1-11(16(21)20-18(2,3)4)23-17(22)15-10-9-14(24-15)12-5-7-13(19)8-6-12/h5-11H,1-4H3,(H,20,21)/t11-/m0/s1. The summed E-state index contributed by atoms with van der Waals surface area (Å²) in [4.78, 5) is 25.6. The first-order valence-electron chi connectivity index (χ1n) is 7.54. The maximum Gasteiger partial charge on any atom is 0.349 e. The molecule has 0 radical (unpaired) electrons. The van der Waals surface area contributed by atoms with Gasteiger partial charge < -0.3 is 10.1 Å². The first-order chi connectivity index (χ1) is 11.2. The molecule has 128 valence electrons. The molecule has 0 bridgehead atoms. The van der Waals surface area contributed by atoms with Crippen molar-refractivity contribution in [3.05, 3.63) is 46.3 Å². The lowest BCUT2D eigenvalue weighted by molar-refractivity contribution is -0.130. The van der Waals surface area contributed by atoms with Gasteiger partial charge in [0, 0.05) is 15.4 Å². The van der Waals surface area contributed by atoms with E-state index in [-0.39, 0.29) is 11.4 Å². The van der Waals surface area contributed by atoms with Crippen LogP contribution in [0.4, 0.5) is 0 Å². The van der Waals surface area contributed by atoms with Crippen molar-refractivity contribution < 1.29 is 14.3 Å². The number of thiophene rings is 1. The van der Waals surface area contributed by atoms with Crippen molar-refractivity contribution in [2.75, 3.05) is 0 Å². The molecule has 1 atom stereocenters. The molecule has 0 fully saturated rings. The Kier molecular flexibility index (Phi) is 5.67. The number of ether oxygens (including phenoxy) is 1. The zero-order valence-corrected chi connectivity index (χ0v) is 15.6. The molecule has 0 aliphatic carbocycles. The minimum Gasteiger partial charge on any atom is -0.448 e. The third-order valence-electron chi connectivity index (χ3n) is 3.09. The summed E-state index contributed by atoms with van der Waals surface area (Å²) in [5.41, 5.74) is 0.601. The molecule has 0 saturated carbocycles. The van der Waals surface area contributed by atoms with Crippen LogP contribution in [0.15, 0.2) is 36.4 Å². The molecule has 2 aromatic rings. The van der Waals surface area contributed by atoms with Crippen molar-refractivity contribution in [2.24, 2.45) is 0 Å². The lowest BCUT2D eigenvalue weighted by Gasteiger charge is -2.23. The van der Waals surface area contributed by atoms with Crippen molar-refractivity contribution in [3.8, 4) is 10.4 Å². The van der Waals surface area contributed by atoms with Gasteiger partial charge in [-0.2, -0.15) is 0 Å². The number of carbonyl (C=O) groups is 2. The Morgan fingerprint density at radius 2 is 1.75 bits per heavy atom. The number of hydrogen-bond acceptors (Lipinski definition) is 4. The van der Waals surface area contributed by atoms with Gasteiger partial charge in [-0.15, -0.1) is 11.3 Å². The number of carbonyl (C=O) groups excluding carboxylic acids is 2. The Balaban J connectivity index is 2.03. The van der Waals surface area contributed by atoms with Crippen molar-refractivity contribution in [3.63, 3.8) is 0 Å². The molecule has 1 aromatic heterocycles. The summed E-state index contributed by atoms with van der Waals surface area (Å²) in [7, 11) is 0. The van der Waals surface area contributed by atoms with Crippen LogP contribution in [0.5, 0.6) is 0 Å². The highest BCUT2D eigenvalue weighted by atomic mass is 35.5. The molecular weight excluding hydrogens is 346 g/mol. The fourth-order valence-electron chi connectivity index (χ4n) is 1.96. The lowest BCUT2D eigenvalue weighted by Crippen LogP contribution is -2.46. The van der Waals surface area contributed by atoms with Gasteiger partial charge in [0.25, 0.3) is 5.91 Å². The highest BCUT2D eigenvalue weighted by molar-refractivity contribution is 7.17. The topological polar surface area (TPSA) is 55.4 Å². The van der Waals surface area contributed by atoms with Crippen LogP contribution in [0.1, 0.15) is 37.4 Å². The Morgan fingerprint density at radius 1 is 1.12 bits per heavy atom. The average molecular weight is 366 g/mol. The number of amides is 1. The Labute approximate surface area is 150 Å². The normalized spacial score (nSPS) is 12.5. The molecule has 1 N–H and O–H groups in total. The summed E-state index contributed by atoms with van der Waals surface area (Å²) in [6.45, 7) is 7.18. The van der Waals surface area contributed by atoms with E-state index in [1.54, 1.807) is 25.1 Å². The van der Waals surface area contributed by atoms with Crippen LogP contribution in [0.2, 0.25) is 5.02 Å². The van der Waals surface area contributed by atoms with Gasteiger partial charge in [-0.1, -0.05) is 23.7 Å². The van der Waals surface area contributed by atoms with E-state index >= 15 is 0 Å². The molecular formula is C18H20ClNO3S. The van der Waals surface area contributed by atoms with E-state index in [0.717, 1.165) is 10.4 Å². The number of esters is 1. The molecule has 1 heterocycles. The minimum absolute atomic E-state index is 0.315. The van der Waals surface area contributed by atoms with Gasteiger partial charge in [-0.3, -0.25) is 4.79 Å². The van der Waals surface area contributed by atoms with E-state index in [0.29, 0.717) is 9.90 Å². The molecule has 24 heavy (non-hydrogen) atoms. The number of nitrogens with one attached hydrogen (secondary N) is 1. The van der Waals surface area contributed by atoms with Crippen LogP contribution in [0, 0.1) is 0 Å². The predicted octanol–water partition coefficient (Wildman–Crippen LogP) is 4.53. The molecule has 6 heteroatoms. The van der Waals surface area contributed by atoms with Gasteiger partial charge in [-0.05, 0) is 57.5 Å². The summed E-state index contributed by atoms with van der Waals surface area (Å²) < 4.78 is 5.25. The monoisotopic (exact) mass is 365 g/mol. The first-order valence-corrected chi connectivity index (χ1v) is 8.74. The Morgan fingerprint density at radius 3 is 2.33 bits per heavy atom. The van der Waals surface area contributed by atoms with Crippen LogP contribution in [0.25, 0.3) is 10.4 Å². The fraction of sp³-hybridized carbons (Fsp3) is 0.333. The van der Waals surface area contributed by atoms with Crippen LogP contribution < -0.4 is 5.32 Å². The highest BCUT2D eigenvalue weighted by Crippen LogP contribution is 2.29. The van der Waals surface area contributed by atoms with E-state index in [1.165, 1.54) is 11.3 Å². The maximum atomic E-state index is 12.2. The van der Waals surface area contributed by atoms with Crippen molar-refractivity contribution in [2.45, 2.75) is 39.3 Å². The van der Waals surface area contributed by atoms with Crippen LogP contribution in [-0.2, 0) is 9.53 Å². The van der Waals surface area contributed by atoms with Gasteiger partial charge in [0.15, 0.2) is 6.10 Å². The van der Waals surface area contributed by atoms with Gasteiger partial charge >= 0.3 is 5.97 Å². The second-order valence-corrected chi connectivity index (χ2v) is 7.98. The van der Waals surface area contributed by atoms with E-state index in [2.05, 4.69) is 5.32 Å². The molecule has 0 aliphatic heterocycles. The Bertz CT molecular complexity index is 731. The van der Waals surface area contributed by atoms with Crippen molar-refractivity contribution >= 4 is 34.8 Å². The smallest absolute Gasteiger partial charge is 0.349 e. The van der Waals surface area contributed by atoms with Crippen LogP contribution in [0.3, 0.4) is 0 Å². The third-order valence-corrected chi connectivity index (χ3v) is 4.45. The summed E-state index contributed by atoms with van der Waals surface area (Å²) in [5, 5.41) is 3.45. The highest BCUT2D eigenvalue weighted by Gasteiger charge is 2.23. The van der Waals surface area contributed by atoms with Gasteiger partial charge in [0.1, 0.15) is 4.88 Å². The lowest BCUT2D eigenvalue weighted by atomic mass is 10.1. The van der Waals surface area contributed by atoms with E-state index in [9.17, 15) is 9.59 Å². The quantitative estimate of drug-likeness (QED) is 0.810. The zero-order chi connectivity index (χ0) is 17.9. The van der Waals surface area contributed by atoms with E-state index in [1.807, 2.05) is 39.0 Å². The predicted molar refractivity (Wildman–Crippen MR) is 97.5 cm³/mol. The number of benzene rings is 1. The van der Waals surface area contributed by atoms with Gasteiger partial charge in [0.05, 0.1) is 0 Å². The molecule has 0 aliphatic rings. The average Bonchev–Trinajstić information content (AvgIpc) is 2.96. The molecule has 4 nitrogen and oxygen atoms in total. The van der Waals surface area contributed by atoms with E-state index < -0.39 is 12.1 Å². The number of hydrogen-bond donors (Lipinski definition) is 1. The molecule has 1 amide bonds. The minimum atomic E-state index is -0.849. The summed E-state index contributed by atoms with van der Waals surface area (Å²) in [6, 6.07) is 10.9. The first kappa shape index (κ1) is 18.5. The van der Waals surface area contributed by atoms with Crippen LogP contribution >= 0.6 is 22.9 Å². The fourth-order valence-corrected chi connectivity index (χ4v) is 2.98. The molecule has 2 rings (SSSR count). The number of rotatable bonds is 4. The maximum absolute atomic E-state index is 12.2. The van der Waals surface area contributed by atoms with Crippen LogP contribution in [-0.4, -0.2) is 23.5 Å². The third kappa shape index (κ3) is 5.08. The molecule has 0 saturated heterocycles. The zero-order valence-electron chi connectivity index (χ0n) is 14.1. The summed E-state index contributed by atoms with van der Waals surface area (Å²) in [6.07, 6.45) is -0.849. The second-order valence-electron chi connectivity index (χ2n) is 6.46. The molecule has 0 spiro atoms. The van der Waals surface area contributed by atoms with Gasteiger partial charge in [-0.25, -0.2) is 4.79 Å². The molecule has 0 unspecified atom stereocenters. The Hall–Kier alpha value is -1.85.